The van der Waals surface area contributed by atoms with Crippen LogP contribution in [0.2, 0.25) is 0 Å². The average Bonchev–Trinajstić information content (AvgIpc) is 2.56. The van der Waals surface area contributed by atoms with Gasteiger partial charge in [0.15, 0.2) is 16.8 Å². The van der Waals surface area contributed by atoms with E-state index in [4.69, 9.17) is 5.73 Å². The van der Waals surface area contributed by atoms with Crippen molar-refractivity contribution in [2.45, 2.75) is 38.9 Å². The van der Waals surface area contributed by atoms with E-state index < -0.39 is 0 Å². The van der Waals surface area contributed by atoms with Crippen LogP contribution in [0.5, 0.6) is 0 Å². The molecule has 0 aliphatic rings. The highest BCUT2D eigenvalue weighted by Gasteiger charge is 2.11. The Balaban J connectivity index is 2.17. The van der Waals surface area contributed by atoms with Gasteiger partial charge in [-0.25, -0.2) is 9.97 Å². The molecule has 23 heavy (non-hydrogen) atoms. The SMILES string of the molecule is CCCSc1nc(NCC)c(N)c(NCc2ccc(C)nc2)n1. The summed E-state index contributed by atoms with van der Waals surface area (Å²) >= 11 is 1.64. The average molecular weight is 332 g/mol. The molecule has 0 aliphatic heterocycles. The normalized spacial score (nSPS) is 10.6. The van der Waals surface area contributed by atoms with Crippen LogP contribution in [0, 0.1) is 6.92 Å². The highest BCUT2D eigenvalue weighted by atomic mass is 32.2. The van der Waals surface area contributed by atoms with Gasteiger partial charge < -0.3 is 16.4 Å². The molecule has 2 rings (SSSR count). The fourth-order valence-corrected chi connectivity index (χ4v) is 2.63. The van der Waals surface area contributed by atoms with E-state index in [0.717, 1.165) is 35.1 Å². The van der Waals surface area contributed by atoms with Gasteiger partial charge in [-0.05, 0) is 31.9 Å². The van der Waals surface area contributed by atoms with Gasteiger partial charge in [0, 0.05) is 30.7 Å². The summed E-state index contributed by atoms with van der Waals surface area (Å²) in [7, 11) is 0. The van der Waals surface area contributed by atoms with Gasteiger partial charge in [-0.3, -0.25) is 4.98 Å². The number of nitrogen functional groups attached to an aromatic ring is 1. The number of nitrogens with zero attached hydrogens (tertiary/aromatic N) is 3. The van der Waals surface area contributed by atoms with Crippen LogP contribution in [0.15, 0.2) is 23.5 Å². The maximum atomic E-state index is 6.18. The number of aromatic nitrogens is 3. The summed E-state index contributed by atoms with van der Waals surface area (Å²) in [5.74, 6) is 2.33. The molecule has 4 N–H and O–H groups in total. The molecule has 6 nitrogen and oxygen atoms in total. The van der Waals surface area contributed by atoms with Gasteiger partial charge >= 0.3 is 0 Å². The Bertz CT molecular complexity index is 629. The van der Waals surface area contributed by atoms with E-state index in [1.807, 2.05) is 32.2 Å². The summed E-state index contributed by atoms with van der Waals surface area (Å²) < 4.78 is 0. The van der Waals surface area contributed by atoms with Crippen molar-refractivity contribution in [3.05, 3.63) is 29.6 Å². The zero-order valence-corrected chi connectivity index (χ0v) is 14.7. The maximum Gasteiger partial charge on any atom is 0.191 e. The molecule has 0 fully saturated rings. The highest BCUT2D eigenvalue weighted by Crippen LogP contribution is 2.28. The first kappa shape index (κ1) is 17.3. The Morgan fingerprint density at radius 2 is 1.87 bits per heavy atom. The van der Waals surface area contributed by atoms with Crippen molar-refractivity contribution in [3.63, 3.8) is 0 Å². The van der Waals surface area contributed by atoms with Gasteiger partial charge in [0.2, 0.25) is 0 Å². The largest absolute Gasteiger partial charge is 0.393 e. The number of nitrogens with one attached hydrogen (secondary N) is 2. The Morgan fingerprint density at radius 3 is 2.48 bits per heavy atom. The third-order valence-electron chi connectivity index (χ3n) is 3.14. The zero-order chi connectivity index (χ0) is 16.7. The molecule has 0 saturated carbocycles. The van der Waals surface area contributed by atoms with Gasteiger partial charge in [0.05, 0.1) is 0 Å². The molecule has 0 spiro atoms. The number of nitrogens with two attached hydrogens (primary N) is 1. The summed E-state index contributed by atoms with van der Waals surface area (Å²) in [6, 6.07) is 4.04. The number of aryl methyl sites for hydroxylation is 1. The van der Waals surface area contributed by atoms with E-state index in [9.17, 15) is 0 Å². The van der Waals surface area contributed by atoms with E-state index in [2.05, 4.69) is 32.5 Å². The zero-order valence-electron chi connectivity index (χ0n) is 13.9. The van der Waals surface area contributed by atoms with Crippen LogP contribution in [0.25, 0.3) is 0 Å². The summed E-state index contributed by atoms with van der Waals surface area (Å²) in [6.07, 6.45) is 2.93. The molecule has 0 aromatic carbocycles. The molecule has 0 aliphatic carbocycles. The van der Waals surface area contributed by atoms with Gasteiger partial charge in [0.1, 0.15) is 5.69 Å². The van der Waals surface area contributed by atoms with Gasteiger partial charge in [-0.1, -0.05) is 24.8 Å². The number of hydrogen-bond donors (Lipinski definition) is 3. The predicted molar refractivity (Wildman–Crippen MR) is 97.9 cm³/mol. The van der Waals surface area contributed by atoms with Crippen LogP contribution in [-0.4, -0.2) is 27.2 Å². The van der Waals surface area contributed by atoms with Crippen molar-refractivity contribution in [2.24, 2.45) is 0 Å². The lowest BCUT2D eigenvalue weighted by atomic mass is 10.2. The van der Waals surface area contributed by atoms with E-state index in [1.54, 1.807) is 11.8 Å². The monoisotopic (exact) mass is 332 g/mol. The molecule has 0 radical (unpaired) electrons. The molecule has 2 heterocycles. The fraction of sp³-hybridized carbons (Fsp3) is 0.438. The first-order valence-corrected chi connectivity index (χ1v) is 8.82. The molecular weight excluding hydrogens is 308 g/mol. The number of rotatable bonds is 8. The van der Waals surface area contributed by atoms with Gasteiger partial charge in [-0.15, -0.1) is 0 Å². The second-order valence-corrected chi connectivity index (χ2v) is 6.22. The fourth-order valence-electron chi connectivity index (χ4n) is 1.93. The molecule has 0 unspecified atom stereocenters. The third-order valence-corrected chi connectivity index (χ3v) is 4.19. The molecule has 0 bridgehead atoms. The Morgan fingerprint density at radius 1 is 1.13 bits per heavy atom. The van der Waals surface area contributed by atoms with Gasteiger partial charge in [0.25, 0.3) is 0 Å². The second-order valence-electron chi connectivity index (χ2n) is 5.16. The molecule has 7 heteroatoms. The van der Waals surface area contributed by atoms with Crippen LogP contribution in [0.4, 0.5) is 17.3 Å². The van der Waals surface area contributed by atoms with E-state index in [1.165, 1.54) is 0 Å². The molecule has 0 saturated heterocycles. The first-order chi connectivity index (χ1) is 11.1. The maximum absolute atomic E-state index is 6.18. The van der Waals surface area contributed by atoms with Crippen molar-refractivity contribution >= 4 is 29.1 Å². The quantitative estimate of drug-likeness (QED) is 0.505. The lowest BCUT2D eigenvalue weighted by molar-refractivity contribution is 0.945. The highest BCUT2D eigenvalue weighted by molar-refractivity contribution is 7.99. The summed E-state index contributed by atoms with van der Waals surface area (Å²) in [5, 5.41) is 7.23. The van der Waals surface area contributed by atoms with Crippen LogP contribution in [0.1, 0.15) is 31.5 Å². The molecule has 2 aromatic heterocycles. The summed E-state index contributed by atoms with van der Waals surface area (Å²) in [6.45, 7) is 7.52. The first-order valence-electron chi connectivity index (χ1n) is 7.83. The number of anilines is 3. The summed E-state index contributed by atoms with van der Waals surface area (Å²) in [5.41, 5.74) is 8.82. The number of hydrogen-bond acceptors (Lipinski definition) is 7. The third kappa shape index (κ3) is 4.99. The lowest BCUT2D eigenvalue weighted by Crippen LogP contribution is -2.11. The van der Waals surface area contributed by atoms with Gasteiger partial charge in [-0.2, -0.15) is 0 Å². The molecular formula is C16H24N6S. The van der Waals surface area contributed by atoms with Crippen LogP contribution in [0.3, 0.4) is 0 Å². The standard InChI is InChI=1S/C16H24N6S/c1-4-8-23-16-21-14(18-5-2)13(17)15(22-16)20-10-12-7-6-11(3)19-9-12/h6-7,9H,4-5,8,10,17H2,1-3H3,(H2,18,20,21,22). The van der Waals surface area contributed by atoms with Crippen molar-refractivity contribution in [3.8, 4) is 0 Å². The number of thioether (sulfide) groups is 1. The Kier molecular flexibility index (Phi) is 6.46. The Hall–Kier alpha value is -2.02. The van der Waals surface area contributed by atoms with Crippen LogP contribution >= 0.6 is 11.8 Å². The van der Waals surface area contributed by atoms with Crippen LogP contribution in [-0.2, 0) is 6.54 Å². The smallest absolute Gasteiger partial charge is 0.191 e. The molecule has 0 amide bonds. The van der Waals surface area contributed by atoms with Crippen molar-refractivity contribution in [2.75, 3.05) is 28.7 Å². The van der Waals surface area contributed by atoms with E-state index >= 15 is 0 Å². The van der Waals surface area contributed by atoms with Crippen LogP contribution < -0.4 is 16.4 Å². The second kappa shape index (κ2) is 8.57. The molecule has 2 aromatic rings. The van der Waals surface area contributed by atoms with Crippen molar-refractivity contribution in [1.82, 2.24) is 15.0 Å². The topological polar surface area (TPSA) is 88.8 Å². The molecule has 124 valence electrons. The van der Waals surface area contributed by atoms with Crippen molar-refractivity contribution < 1.29 is 0 Å². The Labute approximate surface area is 141 Å². The summed E-state index contributed by atoms with van der Waals surface area (Å²) in [4.78, 5) is 13.3. The minimum atomic E-state index is 0.549. The minimum Gasteiger partial charge on any atom is -0.393 e. The minimum absolute atomic E-state index is 0.549. The molecule has 0 atom stereocenters. The lowest BCUT2D eigenvalue weighted by Gasteiger charge is -2.14. The number of pyridine rings is 1. The predicted octanol–water partition coefficient (Wildman–Crippen LogP) is 3.31. The van der Waals surface area contributed by atoms with E-state index in [0.29, 0.717) is 23.9 Å². The van der Waals surface area contributed by atoms with Crippen molar-refractivity contribution in [1.29, 1.82) is 0 Å². The van der Waals surface area contributed by atoms with E-state index in [-0.39, 0.29) is 0 Å².